The molecule has 0 aliphatic heterocycles. The van der Waals surface area contributed by atoms with E-state index in [1.807, 2.05) is 36.4 Å². The molecule has 0 bridgehead atoms. The summed E-state index contributed by atoms with van der Waals surface area (Å²) in [6, 6.07) is 20.8. The van der Waals surface area contributed by atoms with Crippen molar-refractivity contribution in [2.75, 3.05) is 0 Å². The van der Waals surface area contributed by atoms with E-state index in [0.29, 0.717) is 10.5 Å². The first kappa shape index (κ1) is 18.2. The lowest BCUT2D eigenvalue weighted by Crippen LogP contribution is -2.04. The second kappa shape index (κ2) is 7.45. The molecular weight excluding hydrogens is 368 g/mol. The molecule has 0 amide bonds. The molecule has 4 heteroatoms. The number of benzene rings is 2. The van der Waals surface area contributed by atoms with Crippen LogP contribution in [0.5, 0.6) is 0 Å². The van der Waals surface area contributed by atoms with Crippen LogP contribution < -0.4 is 5.43 Å². The fourth-order valence-electron chi connectivity index (χ4n) is 3.30. The molecule has 4 aromatic rings. The number of aryl methyl sites for hydroxylation is 2. The van der Waals surface area contributed by atoms with Crippen molar-refractivity contribution < 1.29 is 0 Å². The standard InChI is InChI=1S/C24H19ClN2O/c1-16-7-8-18(17(2)15-16)9-14-22-21-5-3-4-6-23(28)24(21)27(26-22)20-12-10-19(25)11-13-20/h3-15H,1-2H3/b14-9-. The van der Waals surface area contributed by atoms with E-state index in [1.165, 1.54) is 11.1 Å². The van der Waals surface area contributed by atoms with Crippen LogP contribution in [0.2, 0.25) is 5.02 Å². The van der Waals surface area contributed by atoms with Gasteiger partial charge in [0, 0.05) is 10.4 Å². The van der Waals surface area contributed by atoms with E-state index in [0.717, 1.165) is 22.3 Å². The van der Waals surface area contributed by atoms with Gasteiger partial charge in [-0.1, -0.05) is 59.6 Å². The summed E-state index contributed by atoms with van der Waals surface area (Å²) in [6.45, 7) is 4.17. The SMILES string of the molecule is Cc1ccc(/C=C\c2nn(-c3ccc(Cl)cc3)c3c(=O)ccccc23)c(C)c1. The Kier molecular flexibility index (Phi) is 4.84. The molecule has 0 fully saturated rings. The molecule has 0 radical (unpaired) electrons. The summed E-state index contributed by atoms with van der Waals surface area (Å²) in [4.78, 5) is 12.7. The van der Waals surface area contributed by atoms with Gasteiger partial charge >= 0.3 is 0 Å². The molecular formula is C24H19ClN2O. The molecule has 3 nitrogen and oxygen atoms in total. The maximum atomic E-state index is 12.7. The van der Waals surface area contributed by atoms with Crippen molar-refractivity contribution in [3.63, 3.8) is 0 Å². The van der Waals surface area contributed by atoms with Crippen molar-refractivity contribution in [2.45, 2.75) is 13.8 Å². The maximum Gasteiger partial charge on any atom is 0.204 e. The minimum atomic E-state index is -0.0754. The lowest BCUT2D eigenvalue weighted by molar-refractivity contribution is 0.902. The van der Waals surface area contributed by atoms with E-state index < -0.39 is 0 Å². The number of rotatable bonds is 3. The van der Waals surface area contributed by atoms with Gasteiger partial charge in [-0.05, 0) is 61.4 Å². The Morgan fingerprint density at radius 3 is 2.43 bits per heavy atom. The van der Waals surface area contributed by atoms with E-state index >= 15 is 0 Å². The number of halogens is 1. The smallest absolute Gasteiger partial charge is 0.204 e. The normalized spacial score (nSPS) is 11.4. The minimum Gasteiger partial charge on any atom is -0.288 e. The fourth-order valence-corrected chi connectivity index (χ4v) is 3.42. The summed E-state index contributed by atoms with van der Waals surface area (Å²) < 4.78 is 1.69. The highest BCUT2D eigenvalue weighted by molar-refractivity contribution is 6.30. The first-order chi connectivity index (χ1) is 13.5. The van der Waals surface area contributed by atoms with Gasteiger partial charge in [0.05, 0.1) is 11.4 Å². The topological polar surface area (TPSA) is 34.9 Å². The van der Waals surface area contributed by atoms with Crippen molar-refractivity contribution in [1.29, 1.82) is 0 Å². The third-order valence-electron chi connectivity index (χ3n) is 4.72. The molecule has 0 spiro atoms. The summed E-state index contributed by atoms with van der Waals surface area (Å²) in [6.07, 6.45) is 4.01. The summed E-state index contributed by atoms with van der Waals surface area (Å²) in [7, 11) is 0. The zero-order valence-electron chi connectivity index (χ0n) is 15.7. The Balaban J connectivity index is 1.91. The van der Waals surface area contributed by atoms with E-state index in [2.05, 4.69) is 32.0 Å². The van der Waals surface area contributed by atoms with E-state index in [9.17, 15) is 4.79 Å². The third-order valence-corrected chi connectivity index (χ3v) is 4.97. The van der Waals surface area contributed by atoms with Gasteiger partial charge in [0.15, 0.2) is 0 Å². The van der Waals surface area contributed by atoms with Crippen LogP contribution in [0.25, 0.3) is 28.7 Å². The molecule has 4 rings (SSSR count). The molecule has 1 heterocycles. The predicted molar refractivity (Wildman–Crippen MR) is 117 cm³/mol. The first-order valence-corrected chi connectivity index (χ1v) is 9.44. The molecule has 0 aliphatic rings. The van der Waals surface area contributed by atoms with Crippen LogP contribution in [-0.2, 0) is 0 Å². The Labute approximate surface area is 168 Å². The minimum absolute atomic E-state index is 0.0754. The largest absolute Gasteiger partial charge is 0.288 e. The van der Waals surface area contributed by atoms with Gasteiger partial charge in [0.2, 0.25) is 5.43 Å². The highest BCUT2D eigenvalue weighted by atomic mass is 35.5. The zero-order valence-corrected chi connectivity index (χ0v) is 16.4. The monoisotopic (exact) mass is 386 g/mol. The van der Waals surface area contributed by atoms with Gasteiger partial charge in [0.1, 0.15) is 5.52 Å². The summed E-state index contributed by atoms with van der Waals surface area (Å²) in [5.74, 6) is 0. The maximum absolute atomic E-state index is 12.7. The number of nitrogens with zero attached hydrogens (tertiary/aromatic N) is 2. The third kappa shape index (κ3) is 3.49. The molecule has 1 aromatic heterocycles. The average Bonchev–Trinajstić information content (AvgIpc) is 2.92. The molecule has 3 aromatic carbocycles. The average molecular weight is 387 g/mol. The van der Waals surface area contributed by atoms with E-state index in [4.69, 9.17) is 16.7 Å². The van der Waals surface area contributed by atoms with Crippen molar-refractivity contribution >= 4 is 34.7 Å². The second-order valence-corrected chi connectivity index (χ2v) is 7.25. The van der Waals surface area contributed by atoms with Gasteiger partial charge in [-0.3, -0.25) is 4.79 Å². The van der Waals surface area contributed by atoms with Gasteiger partial charge in [-0.2, -0.15) is 5.10 Å². The molecule has 138 valence electrons. The van der Waals surface area contributed by atoms with Crippen molar-refractivity contribution in [3.8, 4) is 5.69 Å². The predicted octanol–water partition coefficient (Wildman–Crippen LogP) is 5.83. The van der Waals surface area contributed by atoms with Crippen molar-refractivity contribution in [3.05, 3.63) is 104 Å². The number of aromatic nitrogens is 2. The van der Waals surface area contributed by atoms with Gasteiger partial charge in [-0.25, -0.2) is 4.68 Å². The lowest BCUT2D eigenvalue weighted by Gasteiger charge is -2.02. The molecule has 0 atom stereocenters. The van der Waals surface area contributed by atoms with Crippen LogP contribution in [0.1, 0.15) is 22.4 Å². The molecule has 0 aliphatic carbocycles. The number of hydrogen-bond acceptors (Lipinski definition) is 2. The summed E-state index contributed by atoms with van der Waals surface area (Å²) in [5.41, 5.74) is 5.58. The highest BCUT2D eigenvalue weighted by Crippen LogP contribution is 2.23. The Morgan fingerprint density at radius 2 is 1.68 bits per heavy atom. The van der Waals surface area contributed by atoms with Gasteiger partial charge in [0.25, 0.3) is 0 Å². The Bertz CT molecular complexity index is 1250. The van der Waals surface area contributed by atoms with Crippen LogP contribution in [0.4, 0.5) is 0 Å². The summed E-state index contributed by atoms with van der Waals surface area (Å²) >= 11 is 6.02. The van der Waals surface area contributed by atoms with Crippen molar-refractivity contribution in [1.82, 2.24) is 9.78 Å². The Morgan fingerprint density at radius 1 is 0.929 bits per heavy atom. The van der Waals surface area contributed by atoms with Crippen LogP contribution in [-0.4, -0.2) is 9.78 Å². The zero-order chi connectivity index (χ0) is 19.7. The first-order valence-electron chi connectivity index (χ1n) is 9.06. The molecule has 0 saturated heterocycles. The summed E-state index contributed by atoms with van der Waals surface area (Å²) in [5, 5.41) is 6.18. The molecule has 28 heavy (non-hydrogen) atoms. The van der Waals surface area contributed by atoms with E-state index in [-0.39, 0.29) is 5.43 Å². The van der Waals surface area contributed by atoms with Crippen molar-refractivity contribution in [2.24, 2.45) is 0 Å². The molecule has 0 saturated carbocycles. The van der Waals surface area contributed by atoms with Crippen LogP contribution in [0.3, 0.4) is 0 Å². The van der Waals surface area contributed by atoms with Crippen LogP contribution in [0.15, 0.2) is 71.5 Å². The molecule has 0 N–H and O–H groups in total. The Hall–Kier alpha value is -3.17. The number of hydrogen-bond donors (Lipinski definition) is 0. The quantitative estimate of drug-likeness (QED) is 0.444. The van der Waals surface area contributed by atoms with Crippen LogP contribution in [0, 0.1) is 13.8 Å². The number of fused-ring (bicyclic) bond motifs is 1. The lowest BCUT2D eigenvalue weighted by atomic mass is 10.0. The molecule has 0 unspecified atom stereocenters. The van der Waals surface area contributed by atoms with E-state index in [1.54, 1.807) is 28.9 Å². The fraction of sp³-hybridized carbons (Fsp3) is 0.0833. The van der Waals surface area contributed by atoms with Gasteiger partial charge in [-0.15, -0.1) is 0 Å². The van der Waals surface area contributed by atoms with Gasteiger partial charge < -0.3 is 0 Å². The second-order valence-electron chi connectivity index (χ2n) is 6.81. The van der Waals surface area contributed by atoms with Crippen LogP contribution >= 0.6 is 11.6 Å². The highest BCUT2D eigenvalue weighted by Gasteiger charge is 2.12.